The fraction of sp³-hybridized carbons (Fsp3) is 1.00. The summed E-state index contributed by atoms with van der Waals surface area (Å²) in [6.07, 6.45) is 6.63. The number of hydrogen-bond acceptors (Lipinski definition) is 1. The Kier molecular flexibility index (Phi) is 8.01. The molecule has 0 fully saturated rings. The van der Waals surface area contributed by atoms with Crippen molar-refractivity contribution in [3.8, 4) is 0 Å². The minimum absolute atomic E-state index is 1.14. The van der Waals surface area contributed by atoms with Crippen molar-refractivity contribution < 1.29 is 0 Å². The average Bonchev–Trinajstić information content (AvgIpc) is 1.81. The molecule has 0 nitrogen and oxygen atoms in total. The van der Waals surface area contributed by atoms with E-state index in [4.69, 9.17) is 11.8 Å². The molecule has 0 aliphatic rings. The van der Waals surface area contributed by atoms with Gasteiger partial charge in [0.2, 0.25) is 0 Å². The van der Waals surface area contributed by atoms with E-state index >= 15 is 0 Å². The predicted octanol–water partition coefficient (Wildman–Crippen LogP) is 2.97. The van der Waals surface area contributed by atoms with Crippen LogP contribution in [0.4, 0.5) is 0 Å². The van der Waals surface area contributed by atoms with Crippen molar-refractivity contribution in [2.75, 3.05) is 6.16 Å². The second kappa shape index (κ2) is 7.52. The van der Waals surface area contributed by atoms with Gasteiger partial charge in [-0.25, -0.2) is 0 Å². The summed E-state index contributed by atoms with van der Waals surface area (Å²) in [5.41, 5.74) is 0. The summed E-state index contributed by atoms with van der Waals surface area (Å²) in [4.78, 5) is 0. The summed E-state index contributed by atoms with van der Waals surface area (Å²) < 4.78 is 0. The zero-order valence-corrected chi connectivity index (χ0v) is 7.10. The first kappa shape index (κ1) is 8.52. The van der Waals surface area contributed by atoms with Crippen molar-refractivity contribution >= 4 is 19.2 Å². The zero-order chi connectivity index (χ0) is 6.24. The lowest BCUT2D eigenvalue weighted by Gasteiger charge is -1.90. The number of unbranched alkanes of at least 4 members (excludes halogenated alkanes) is 3. The smallest absolute Gasteiger partial charge is 0.000157 e. The standard InChI is InChI=1S/C6H13PS/c1-2-3-4-5-6-7-8/h2-6H2,1H3. The molecule has 2 heteroatoms. The number of rotatable bonds is 5. The van der Waals surface area contributed by atoms with Gasteiger partial charge < -0.3 is 0 Å². The van der Waals surface area contributed by atoms with Gasteiger partial charge in [-0.15, -0.1) is 0 Å². The highest BCUT2D eigenvalue weighted by molar-refractivity contribution is 7.96. The lowest BCUT2D eigenvalue weighted by molar-refractivity contribution is 0.706. The third-order valence-electron chi connectivity index (χ3n) is 1.10. The molecule has 0 bridgehead atoms. The zero-order valence-electron chi connectivity index (χ0n) is 5.39. The molecule has 0 aromatic heterocycles. The average molecular weight is 148 g/mol. The highest BCUT2D eigenvalue weighted by atomic mass is 32.4. The maximum absolute atomic E-state index is 4.77. The van der Waals surface area contributed by atoms with Crippen LogP contribution in [0.2, 0.25) is 0 Å². The minimum atomic E-state index is 1.14. The Morgan fingerprint density at radius 3 is 2.50 bits per heavy atom. The monoisotopic (exact) mass is 148 g/mol. The Morgan fingerprint density at radius 2 is 2.00 bits per heavy atom. The van der Waals surface area contributed by atoms with Gasteiger partial charge in [-0.1, -0.05) is 38.0 Å². The van der Waals surface area contributed by atoms with Crippen molar-refractivity contribution in [2.45, 2.75) is 32.6 Å². The Bertz CT molecular complexity index is 54.5. The molecule has 0 unspecified atom stereocenters. The van der Waals surface area contributed by atoms with Crippen molar-refractivity contribution in [3.63, 3.8) is 0 Å². The molecule has 0 saturated carbocycles. The van der Waals surface area contributed by atoms with Crippen LogP contribution in [-0.2, 0) is 11.8 Å². The molecule has 48 valence electrons. The maximum atomic E-state index is 4.77. The van der Waals surface area contributed by atoms with Gasteiger partial charge in [-0.2, -0.15) is 0 Å². The Labute approximate surface area is 58.5 Å². The van der Waals surface area contributed by atoms with Crippen LogP contribution in [0.3, 0.4) is 0 Å². The first-order valence-corrected chi connectivity index (χ1v) is 5.30. The van der Waals surface area contributed by atoms with Crippen LogP contribution >= 0.6 is 7.36 Å². The summed E-state index contributed by atoms with van der Waals surface area (Å²) in [5, 5.41) is 0. The van der Waals surface area contributed by atoms with Gasteiger partial charge in [0.15, 0.2) is 0 Å². The minimum Gasteiger partial charge on any atom is -0.0654 e. The third kappa shape index (κ3) is 6.52. The second-order valence-corrected chi connectivity index (χ2v) is 3.39. The van der Waals surface area contributed by atoms with E-state index in [9.17, 15) is 0 Å². The van der Waals surface area contributed by atoms with E-state index in [0.717, 1.165) is 7.36 Å². The fourth-order valence-electron chi connectivity index (χ4n) is 0.603. The molecule has 0 aliphatic carbocycles. The molecular weight excluding hydrogens is 135 g/mol. The highest BCUT2D eigenvalue weighted by Crippen LogP contribution is 2.03. The van der Waals surface area contributed by atoms with E-state index in [1.807, 2.05) is 0 Å². The van der Waals surface area contributed by atoms with E-state index < -0.39 is 0 Å². The predicted molar refractivity (Wildman–Crippen MR) is 43.3 cm³/mol. The Morgan fingerprint density at radius 1 is 1.25 bits per heavy atom. The highest BCUT2D eigenvalue weighted by Gasteiger charge is 1.82. The topological polar surface area (TPSA) is 0 Å². The second-order valence-electron chi connectivity index (χ2n) is 1.91. The summed E-state index contributed by atoms with van der Waals surface area (Å²) >= 11 is 4.77. The molecular formula is C6H13PS. The quantitative estimate of drug-likeness (QED) is 0.426. The molecule has 0 radical (unpaired) electrons. The largest absolute Gasteiger partial charge is 0.0654 e. The van der Waals surface area contributed by atoms with Crippen LogP contribution in [0, 0.1) is 0 Å². The Hall–Kier alpha value is 0.520. The van der Waals surface area contributed by atoms with Crippen molar-refractivity contribution in [1.29, 1.82) is 0 Å². The lowest BCUT2D eigenvalue weighted by atomic mass is 10.2. The molecule has 0 aromatic rings. The lowest BCUT2D eigenvalue weighted by Crippen LogP contribution is -1.74. The molecule has 0 aliphatic heterocycles. The third-order valence-corrected chi connectivity index (χ3v) is 2.15. The molecule has 0 amide bonds. The van der Waals surface area contributed by atoms with Gasteiger partial charge in [0.05, 0.1) is 0 Å². The van der Waals surface area contributed by atoms with Crippen molar-refractivity contribution in [1.82, 2.24) is 0 Å². The molecule has 0 spiro atoms. The summed E-state index contributed by atoms with van der Waals surface area (Å²) in [6.45, 7) is 2.23. The molecule has 0 saturated heterocycles. The SMILES string of the molecule is CCCCCCP=S. The molecule has 8 heavy (non-hydrogen) atoms. The van der Waals surface area contributed by atoms with Gasteiger partial charge in [-0.3, -0.25) is 0 Å². The Balaban J connectivity index is 2.62. The number of hydrogen-bond donors (Lipinski definition) is 0. The fourth-order valence-corrected chi connectivity index (χ4v) is 1.34. The van der Waals surface area contributed by atoms with E-state index in [2.05, 4.69) is 6.92 Å². The van der Waals surface area contributed by atoms with Crippen LogP contribution in [0.1, 0.15) is 32.6 Å². The molecule has 0 heterocycles. The van der Waals surface area contributed by atoms with E-state index in [0.29, 0.717) is 0 Å². The van der Waals surface area contributed by atoms with E-state index in [1.54, 1.807) is 0 Å². The summed E-state index contributed by atoms with van der Waals surface area (Å²) in [5.74, 6) is 0. The van der Waals surface area contributed by atoms with Crippen molar-refractivity contribution in [2.24, 2.45) is 0 Å². The van der Waals surface area contributed by atoms with Gasteiger partial charge in [-0.05, 0) is 19.9 Å². The summed E-state index contributed by atoms with van der Waals surface area (Å²) in [7, 11) is 1.14. The molecule has 0 aromatic carbocycles. The van der Waals surface area contributed by atoms with Crippen LogP contribution in [-0.4, -0.2) is 6.16 Å². The van der Waals surface area contributed by atoms with Gasteiger partial charge in [0.1, 0.15) is 0 Å². The van der Waals surface area contributed by atoms with Gasteiger partial charge in [0, 0.05) is 0 Å². The normalized spacial score (nSPS) is 10.1. The first-order valence-electron chi connectivity index (χ1n) is 3.21. The van der Waals surface area contributed by atoms with Crippen LogP contribution in [0.25, 0.3) is 0 Å². The van der Waals surface area contributed by atoms with Crippen LogP contribution < -0.4 is 0 Å². The first-order chi connectivity index (χ1) is 3.91. The summed E-state index contributed by atoms with van der Waals surface area (Å²) in [6, 6.07) is 0. The van der Waals surface area contributed by atoms with Crippen LogP contribution in [0.15, 0.2) is 0 Å². The molecule has 0 N–H and O–H groups in total. The maximum Gasteiger partial charge on any atom is -0.000157 e. The van der Waals surface area contributed by atoms with E-state index in [1.165, 1.54) is 31.8 Å². The van der Waals surface area contributed by atoms with Gasteiger partial charge in [0.25, 0.3) is 0 Å². The van der Waals surface area contributed by atoms with Crippen LogP contribution in [0.5, 0.6) is 0 Å². The van der Waals surface area contributed by atoms with Crippen molar-refractivity contribution in [3.05, 3.63) is 0 Å². The molecule has 0 rings (SSSR count). The molecule has 0 atom stereocenters. The van der Waals surface area contributed by atoms with E-state index in [-0.39, 0.29) is 0 Å². The van der Waals surface area contributed by atoms with Gasteiger partial charge >= 0.3 is 0 Å².